The minimum absolute atomic E-state index is 0.264. The van der Waals surface area contributed by atoms with Gasteiger partial charge in [-0.25, -0.2) is 10.3 Å². The van der Waals surface area contributed by atoms with Gasteiger partial charge in [-0.05, 0) is 11.1 Å². The fraction of sp³-hybridized carbons (Fsp3) is 0.250. The highest BCUT2D eigenvalue weighted by Gasteiger charge is 1.98. The van der Waals surface area contributed by atoms with E-state index in [4.69, 9.17) is 5.90 Å². The van der Waals surface area contributed by atoms with Gasteiger partial charge in [0.15, 0.2) is 0 Å². The Bertz CT molecular complexity index is 227. The van der Waals surface area contributed by atoms with Crippen LogP contribution in [0.15, 0.2) is 24.3 Å². The van der Waals surface area contributed by atoms with E-state index < -0.39 is 6.67 Å². The van der Waals surface area contributed by atoms with E-state index in [-0.39, 0.29) is 6.61 Å². The van der Waals surface area contributed by atoms with Gasteiger partial charge in [0, 0.05) is 0 Å². The third-order valence-corrected chi connectivity index (χ3v) is 1.50. The summed E-state index contributed by atoms with van der Waals surface area (Å²) >= 11 is 0. The lowest BCUT2D eigenvalue weighted by molar-refractivity contribution is 0.123. The summed E-state index contributed by atoms with van der Waals surface area (Å²) in [6.45, 7) is -0.209. The molecule has 1 rings (SSSR count). The average Bonchev–Trinajstić information content (AvgIpc) is 2.06. The number of nitrogens with two attached hydrogens (primary N) is 1. The Kier molecular flexibility index (Phi) is 3.01. The molecule has 0 saturated heterocycles. The molecule has 1 aromatic carbocycles. The van der Waals surface area contributed by atoms with Gasteiger partial charge in [-0.15, -0.1) is 0 Å². The van der Waals surface area contributed by atoms with Gasteiger partial charge in [0.2, 0.25) is 0 Å². The lowest BCUT2D eigenvalue weighted by Crippen LogP contribution is -2.01. The first-order valence-electron chi connectivity index (χ1n) is 3.33. The Morgan fingerprint density at radius 2 is 1.91 bits per heavy atom. The predicted molar refractivity (Wildman–Crippen MR) is 40.2 cm³/mol. The minimum atomic E-state index is -0.473. The lowest BCUT2D eigenvalue weighted by atomic mass is 10.1. The van der Waals surface area contributed by atoms with E-state index in [1.807, 2.05) is 6.07 Å². The molecule has 0 amide bonds. The SMILES string of the molecule is NOCc1ccccc1CF. The summed E-state index contributed by atoms with van der Waals surface area (Å²) in [5.74, 6) is 4.86. The maximum absolute atomic E-state index is 12.2. The molecule has 3 heteroatoms. The molecule has 2 nitrogen and oxygen atoms in total. The van der Waals surface area contributed by atoms with Crippen molar-refractivity contribution in [1.82, 2.24) is 0 Å². The number of benzene rings is 1. The molecule has 0 atom stereocenters. The molecule has 0 aromatic heterocycles. The van der Waals surface area contributed by atoms with Gasteiger partial charge in [0.1, 0.15) is 6.67 Å². The highest BCUT2D eigenvalue weighted by molar-refractivity contribution is 5.25. The summed E-state index contributed by atoms with van der Waals surface area (Å²) in [6, 6.07) is 7.12. The van der Waals surface area contributed by atoms with Crippen molar-refractivity contribution in [2.24, 2.45) is 5.90 Å². The molecule has 1 aromatic rings. The van der Waals surface area contributed by atoms with Crippen LogP contribution in [0, 0.1) is 0 Å². The van der Waals surface area contributed by atoms with E-state index in [1.54, 1.807) is 18.2 Å². The molecule has 2 N–H and O–H groups in total. The standard InChI is InChI=1S/C8H10FNO/c9-5-7-3-1-2-4-8(7)6-11-10/h1-4H,5-6,10H2. The van der Waals surface area contributed by atoms with Crippen LogP contribution in [0.3, 0.4) is 0 Å². The van der Waals surface area contributed by atoms with Crippen LogP contribution in [0.4, 0.5) is 4.39 Å². The molecule has 0 spiro atoms. The lowest BCUT2D eigenvalue weighted by Gasteiger charge is -2.02. The van der Waals surface area contributed by atoms with Crippen LogP contribution in [0.2, 0.25) is 0 Å². The van der Waals surface area contributed by atoms with Crippen LogP contribution >= 0.6 is 0 Å². The first-order valence-corrected chi connectivity index (χ1v) is 3.33. The largest absolute Gasteiger partial charge is 0.300 e. The smallest absolute Gasteiger partial charge is 0.115 e. The molecular formula is C8H10FNO. The van der Waals surface area contributed by atoms with E-state index in [1.165, 1.54) is 0 Å². The van der Waals surface area contributed by atoms with Crippen molar-refractivity contribution in [3.8, 4) is 0 Å². The molecule has 0 aliphatic carbocycles. The van der Waals surface area contributed by atoms with E-state index in [9.17, 15) is 4.39 Å². The average molecular weight is 155 g/mol. The molecule has 0 unspecified atom stereocenters. The fourth-order valence-electron chi connectivity index (χ4n) is 0.918. The summed E-state index contributed by atoms with van der Waals surface area (Å²) in [5, 5.41) is 0. The molecule has 0 aliphatic heterocycles. The van der Waals surface area contributed by atoms with Gasteiger partial charge in [-0.1, -0.05) is 24.3 Å². The van der Waals surface area contributed by atoms with E-state index in [0.717, 1.165) is 5.56 Å². The molecule has 0 radical (unpaired) electrons. The number of halogens is 1. The molecule has 0 bridgehead atoms. The van der Waals surface area contributed by atoms with Crippen LogP contribution in [-0.2, 0) is 18.1 Å². The maximum atomic E-state index is 12.2. The van der Waals surface area contributed by atoms with E-state index in [0.29, 0.717) is 5.56 Å². The van der Waals surface area contributed by atoms with Crippen molar-refractivity contribution in [2.45, 2.75) is 13.3 Å². The van der Waals surface area contributed by atoms with Crippen molar-refractivity contribution in [1.29, 1.82) is 0 Å². The van der Waals surface area contributed by atoms with Crippen molar-refractivity contribution in [2.75, 3.05) is 0 Å². The third-order valence-electron chi connectivity index (χ3n) is 1.50. The third kappa shape index (κ3) is 2.00. The number of alkyl halides is 1. The molecule has 11 heavy (non-hydrogen) atoms. The second-order valence-electron chi connectivity index (χ2n) is 2.21. The summed E-state index contributed by atoms with van der Waals surface area (Å²) in [7, 11) is 0. The van der Waals surface area contributed by atoms with Crippen LogP contribution in [0.5, 0.6) is 0 Å². The van der Waals surface area contributed by atoms with E-state index >= 15 is 0 Å². The first kappa shape index (κ1) is 8.17. The minimum Gasteiger partial charge on any atom is -0.300 e. The molecule has 0 aliphatic rings. The summed E-state index contributed by atoms with van der Waals surface area (Å²) in [6.07, 6.45) is 0. The predicted octanol–water partition coefficient (Wildman–Crippen LogP) is 1.55. The molecule has 0 fully saturated rings. The van der Waals surface area contributed by atoms with E-state index in [2.05, 4.69) is 4.84 Å². The first-order chi connectivity index (χ1) is 5.38. The Balaban J connectivity index is 2.83. The molecule has 0 saturated carbocycles. The summed E-state index contributed by atoms with van der Waals surface area (Å²) in [5.41, 5.74) is 1.44. The van der Waals surface area contributed by atoms with Crippen molar-refractivity contribution < 1.29 is 9.23 Å². The summed E-state index contributed by atoms with van der Waals surface area (Å²) < 4.78 is 12.2. The van der Waals surface area contributed by atoms with Crippen molar-refractivity contribution >= 4 is 0 Å². The van der Waals surface area contributed by atoms with Crippen LogP contribution in [-0.4, -0.2) is 0 Å². The number of hydrogen-bond acceptors (Lipinski definition) is 2. The molecule has 60 valence electrons. The zero-order valence-corrected chi connectivity index (χ0v) is 6.09. The van der Waals surface area contributed by atoms with Gasteiger partial charge in [-0.3, -0.25) is 4.84 Å². The fourth-order valence-corrected chi connectivity index (χ4v) is 0.918. The zero-order valence-electron chi connectivity index (χ0n) is 6.09. The van der Waals surface area contributed by atoms with Crippen LogP contribution < -0.4 is 5.90 Å². The number of rotatable bonds is 3. The van der Waals surface area contributed by atoms with Gasteiger partial charge < -0.3 is 0 Å². The monoisotopic (exact) mass is 155 g/mol. The summed E-state index contributed by atoms with van der Waals surface area (Å²) in [4.78, 5) is 4.40. The maximum Gasteiger partial charge on any atom is 0.115 e. The highest BCUT2D eigenvalue weighted by Crippen LogP contribution is 2.10. The van der Waals surface area contributed by atoms with Crippen molar-refractivity contribution in [3.05, 3.63) is 35.4 Å². The van der Waals surface area contributed by atoms with Crippen LogP contribution in [0.25, 0.3) is 0 Å². The molecular weight excluding hydrogens is 145 g/mol. The van der Waals surface area contributed by atoms with Gasteiger partial charge in [0.05, 0.1) is 6.61 Å². The van der Waals surface area contributed by atoms with Gasteiger partial charge >= 0.3 is 0 Å². The van der Waals surface area contributed by atoms with Gasteiger partial charge in [-0.2, -0.15) is 0 Å². The highest BCUT2D eigenvalue weighted by atomic mass is 19.1. The number of hydrogen-bond donors (Lipinski definition) is 1. The zero-order chi connectivity index (χ0) is 8.10. The van der Waals surface area contributed by atoms with Gasteiger partial charge in [0.25, 0.3) is 0 Å². The second-order valence-corrected chi connectivity index (χ2v) is 2.21. The van der Waals surface area contributed by atoms with Crippen molar-refractivity contribution in [3.63, 3.8) is 0 Å². The second kappa shape index (κ2) is 4.05. The Morgan fingerprint density at radius 1 is 1.27 bits per heavy atom. The Labute approximate surface area is 64.7 Å². The normalized spacial score (nSPS) is 10.0. The Hall–Kier alpha value is -0.930. The topological polar surface area (TPSA) is 35.2 Å². The molecule has 0 heterocycles. The Morgan fingerprint density at radius 3 is 2.45 bits per heavy atom. The van der Waals surface area contributed by atoms with Crippen LogP contribution in [0.1, 0.15) is 11.1 Å². The quantitative estimate of drug-likeness (QED) is 0.672.